The van der Waals surface area contributed by atoms with Gasteiger partial charge in [-0.2, -0.15) is 0 Å². The number of phenols is 1. The molecule has 0 fully saturated rings. The minimum Gasteiger partial charge on any atom is -0.506 e. The zero-order valence-corrected chi connectivity index (χ0v) is 18.6. The predicted molar refractivity (Wildman–Crippen MR) is 126 cm³/mol. The van der Waals surface area contributed by atoms with Crippen LogP contribution in [0.3, 0.4) is 0 Å². The molecule has 0 radical (unpaired) electrons. The van der Waals surface area contributed by atoms with E-state index in [1.807, 2.05) is 18.2 Å². The van der Waals surface area contributed by atoms with Gasteiger partial charge in [0.1, 0.15) is 11.3 Å². The van der Waals surface area contributed by atoms with Crippen LogP contribution in [0.1, 0.15) is 19.4 Å². The minimum atomic E-state index is -0.526. The van der Waals surface area contributed by atoms with Crippen LogP contribution in [-0.2, 0) is 6.54 Å². The Morgan fingerprint density at radius 1 is 1.00 bits per heavy atom. The van der Waals surface area contributed by atoms with Crippen LogP contribution in [0.15, 0.2) is 64.1 Å². The van der Waals surface area contributed by atoms with E-state index in [9.17, 15) is 15.0 Å². The Morgan fingerprint density at radius 2 is 1.72 bits per heavy atom. The number of hydrogen-bond donors (Lipinski definition) is 2. The van der Waals surface area contributed by atoms with Crippen LogP contribution in [0.5, 0.6) is 11.5 Å². The molecule has 7 heteroatoms. The van der Waals surface area contributed by atoms with Gasteiger partial charge in [0.05, 0.1) is 10.4 Å². The number of benzene rings is 2. The molecule has 0 saturated carbocycles. The van der Waals surface area contributed by atoms with E-state index in [2.05, 4.69) is 23.7 Å². The number of aromatic nitrogens is 1. The third kappa shape index (κ3) is 4.07. The molecule has 0 saturated heterocycles. The monoisotopic (exact) mass is 450 g/mol. The summed E-state index contributed by atoms with van der Waals surface area (Å²) >= 11 is 6.03. The first-order chi connectivity index (χ1) is 15.4. The highest BCUT2D eigenvalue weighted by Gasteiger charge is 2.20. The number of rotatable bonds is 6. The maximum absolute atomic E-state index is 13.2. The van der Waals surface area contributed by atoms with Crippen molar-refractivity contribution in [1.82, 2.24) is 9.88 Å². The van der Waals surface area contributed by atoms with Crippen molar-refractivity contribution in [2.24, 2.45) is 0 Å². The summed E-state index contributed by atoms with van der Waals surface area (Å²) in [6.07, 6.45) is 3.36. The molecule has 0 aliphatic heterocycles. The second-order valence-corrected chi connectivity index (χ2v) is 7.90. The second kappa shape index (κ2) is 9.02. The Bertz CT molecular complexity index is 1330. The highest BCUT2D eigenvalue weighted by atomic mass is 35.5. The van der Waals surface area contributed by atoms with E-state index in [0.717, 1.165) is 29.8 Å². The van der Waals surface area contributed by atoms with Crippen molar-refractivity contribution in [3.8, 4) is 33.9 Å². The van der Waals surface area contributed by atoms with Crippen molar-refractivity contribution in [2.45, 2.75) is 20.4 Å². The van der Waals surface area contributed by atoms with Crippen molar-refractivity contribution in [3.05, 3.63) is 75.7 Å². The molecule has 0 spiro atoms. The van der Waals surface area contributed by atoms with Crippen molar-refractivity contribution >= 4 is 22.6 Å². The van der Waals surface area contributed by atoms with Crippen LogP contribution in [0.25, 0.3) is 33.4 Å². The van der Waals surface area contributed by atoms with Gasteiger partial charge in [-0.05, 0) is 66.7 Å². The van der Waals surface area contributed by atoms with Gasteiger partial charge in [-0.25, -0.2) is 0 Å². The molecule has 6 nitrogen and oxygen atoms in total. The van der Waals surface area contributed by atoms with Gasteiger partial charge >= 0.3 is 0 Å². The van der Waals surface area contributed by atoms with E-state index in [0.29, 0.717) is 23.1 Å². The first-order valence-corrected chi connectivity index (χ1v) is 10.7. The number of nitrogens with zero attached hydrogens (tertiary/aromatic N) is 2. The Kier molecular flexibility index (Phi) is 6.17. The molecule has 0 aliphatic carbocycles. The molecule has 2 aromatic heterocycles. The summed E-state index contributed by atoms with van der Waals surface area (Å²) in [7, 11) is 0. The third-order valence-corrected chi connectivity index (χ3v) is 5.83. The predicted octanol–water partition coefficient (Wildman–Crippen LogP) is 5.43. The number of hydrogen-bond acceptors (Lipinski definition) is 6. The van der Waals surface area contributed by atoms with E-state index in [1.54, 1.807) is 18.5 Å². The molecule has 0 amide bonds. The smallest absolute Gasteiger partial charge is 0.235 e. The van der Waals surface area contributed by atoms with Crippen LogP contribution in [-0.4, -0.2) is 33.2 Å². The van der Waals surface area contributed by atoms with Crippen molar-refractivity contribution in [3.63, 3.8) is 0 Å². The highest BCUT2D eigenvalue weighted by Crippen LogP contribution is 2.37. The van der Waals surface area contributed by atoms with E-state index in [4.69, 9.17) is 16.0 Å². The summed E-state index contributed by atoms with van der Waals surface area (Å²) in [6.45, 7) is 6.59. The standard InChI is InChI=1S/C25H23ClN2O4/c1-3-28(4-2)14-15-11-18(16-7-9-27-10-8-16)25-19(12-15)22(30)23(31)24(32-25)17-5-6-21(29)20(26)13-17/h5-13,29,31H,3-4,14H2,1-2H3. The lowest BCUT2D eigenvalue weighted by atomic mass is 9.99. The van der Waals surface area contributed by atoms with Crippen molar-refractivity contribution in [2.75, 3.05) is 13.1 Å². The van der Waals surface area contributed by atoms with Crippen LogP contribution in [0, 0.1) is 0 Å². The summed E-state index contributed by atoms with van der Waals surface area (Å²) in [5.74, 6) is -0.604. The normalized spacial score (nSPS) is 11.4. The maximum atomic E-state index is 13.2. The summed E-state index contributed by atoms with van der Waals surface area (Å²) in [5.41, 5.74) is 2.74. The summed E-state index contributed by atoms with van der Waals surface area (Å²) < 4.78 is 6.13. The van der Waals surface area contributed by atoms with Gasteiger partial charge < -0.3 is 14.6 Å². The number of halogens is 1. The number of phenolic OH excluding ortho intramolecular Hbond substituents is 1. The van der Waals surface area contributed by atoms with Crippen LogP contribution in [0.4, 0.5) is 0 Å². The molecule has 164 valence electrons. The Balaban J connectivity index is 2.01. The Hall–Kier alpha value is -3.35. The molecule has 4 rings (SSSR count). The SMILES string of the molecule is CCN(CC)Cc1cc(-c2ccncc2)c2oc(-c3ccc(O)c(Cl)c3)c(O)c(=O)c2c1. The third-order valence-electron chi connectivity index (χ3n) is 5.53. The lowest BCUT2D eigenvalue weighted by Crippen LogP contribution is -2.22. The lowest BCUT2D eigenvalue weighted by Gasteiger charge is -2.19. The Morgan fingerprint density at radius 3 is 2.38 bits per heavy atom. The van der Waals surface area contributed by atoms with Gasteiger partial charge in [0, 0.05) is 30.1 Å². The number of fused-ring (bicyclic) bond motifs is 1. The van der Waals surface area contributed by atoms with E-state index in [1.165, 1.54) is 18.2 Å². The fourth-order valence-corrected chi connectivity index (χ4v) is 3.92. The van der Waals surface area contributed by atoms with Crippen LogP contribution < -0.4 is 5.43 Å². The molecule has 0 unspecified atom stereocenters. The maximum Gasteiger partial charge on any atom is 0.235 e. The summed E-state index contributed by atoms with van der Waals surface area (Å²) in [6, 6.07) is 11.8. The zero-order chi connectivity index (χ0) is 22.8. The molecular formula is C25H23ClN2O4. The molecule has 0 atom stereocenters. The first kappa shape index (κ1) is 21.9. The molecule has 2 heterocycles. The quantitative estimate of drug-likeness (QED) is 0.407. The van der Waals surface area contributed by atoms with Gasteiger partial charge in [-0.15, -0.1) is 0 Å². The molecular weight excluding hydrogens is 428 g/mol. The van der Waals surface area contributed by atoms with Crippen molar-refractivity contribution < 1.29 is 14.6 Å². The molecule has 0 aliphatic rings. The lowest BCUT2D eigenvalue weighted by molar-refractivity contribution is 0.296. The van der Waals surface area contributed by atoms with Gasteiger partial charge in [-0.1, -0.05) is 25.4 Å². The summed E-state index contributed by atoms with van der Waals surface area (Å²) in [5, 5.41) is 20.8. The van der Waals surface area contributed by atoms with E-state index in [-0.39, 0.29) is 16.5 Å². The van der Waals surface area contributed by atoms with Gasteiger partial charge in [0.2, 0.25) is 11.2 Å². The molecule has 2 aromatic carbocycles. The van der Waals surface area contributed by atoms with Crippen LogP contribution >= 0.6 is 11.6 Å². The second-order valence-electron chi connectivity index (χ2n) is 7.49. The molecule has 32 heavy (non-hydrogen) atoms. The van der Waals surface area contributed by atoms with E-state index >= 15 is 0 Å². The molecule has 4 aromatic rings. The Labute approximate surface area is 190 Å². The zero-order valence-electron chi connectivity index (χ0n) is 17.8. The minimum absolute atomic E-state index is 0.00352. The van der Waals surface area contributed by atoms with Crippen molar-refractivity contribution in [1.29, 1.82) is 0 Å². The largest absolute Gasteiger partial charge is 0.506 e. The fourth-order valence-electron chi connectivity index (χ4n) is 3.73. The summed E-state index contributed by atoms with van der Waals surface area (Å²) in [4.78, 5) is 19.5. The molecule has 2 N–H and O–H groups in total. The van der Waals surface area contributed by atoms with Crippen LogP contribution in [0.2, 0.25) is 5.02 Å². The van der Waals surface area contributed by atoms with E-state index < -0.39 is 11.2 Å². The highest BCUT2D eigenvalue weighted by molar-refractivity contribution is 6.32. The van der Waals surface area contributed by atoms with Gasteiger partial charge in [0.15, 0.2) is 5.76 Å². The van der Waals surface area contributed by atoms with Gasteiger partial charge in [0.25, 0.3) is 0 Å². The average Bonchev–Trinajstić information content (AvgIpc) is 2.82. The topological polar surface area (TPSA) is 86.8 Å². The number of pyridine rings is 1. The first-order valence-electron chi connectivity index (χ1n) is 10.4. The average molecular weight is 451 g/mol. The van der Waals surface area contributed by atoms with Gasteiger partial charge in [-0.3, -0.25) is 14.7 Å². The fraction of sp³-hybridized carbons (Fsp3) is 0.200. The number of aromatic hydroxyl groups is 2. The molecule has 0 bridgehead atoms.